The molecule has 9 nitrogen and oxygen atoms in total. The van der Waals surface area contributed by atoms with Crippen LogP contribution in [0.3, 0.4) is 0 Å². The largest absolute Gasteiger partial charge is 0.491 e. The van der Waals surface area contributed by atoms with Crippen LogP contribution in [0.1, 0.15) is 25.0 Å². The Kier molecular flexibility index (Phi) is 7.05. The summed E-state index contributed by atoms with van der Waals surface area (Å²) in [6.07, 6.45) is 8.24. The molecule has 0 unspecified atom stereocenters. The molecule has 198 valence electrons. The van der Waals surface area contributed by atoms with Crippen LogP contribution in [0, 0.1) is 0 Å². The molecule has 1 aliphatic rings. The van der Waals surface area contributed by atoms with Crippen molar-refractivity contribution >= 4 is 39.2 Å². The third-order valence-corrected chi connectivity index (χ3v) is 7.23. The molecule has 0 radical (unpaired) electrons. The number of piperidine rings is 1. The highest BCUT2D eigenvalue weighted by molar-refractivity contribution is 5.96. The van der Waals surface area contributed by atoms with Crippen LogP contribution in [0.25, 0.3) is 21.8 Å². The molecule has 2 aromatic carbocycles. The topological polar surface area (TPSA) is 105 Å². The molecular weight excluding hydrogens is 492 g/mol. The third kappa shape index (κ3) is 5.26. The highest BCUT2D eigenvalue weighted by atomic mass is 16.5. The minimum Gasteiger partial charge on any atom is -0.491 e. The van der Waals surface area contributed by atoms with Crippen molar-refractivity contribution in [1.29, 1.82) is 0 Å². The molecule has 0 saturated carbocycles. The summed E-state index contributed by atoms with van der Waals surface area (Å²) in [6.45, 7) is 1.21. The van der Waals surface area contributed by atoms with Crippen molar-refractivity contribution in [3.8, 4) is 5.75 Å². The molecule has 39 heavy (non-hydrogen) atoms. The van der Waals surface area contributed by atoms with Crippen molar-refractivity contribution < 1.29 is 14.6 Å². The molecule has 3 aromatic heterocycles. The van der Waals surface area contributed by atoms with Gasteiger partial charge < -0.3 is 24.6 Å². The average molecular weight is 523 g/mol. The number of hydrogen-bond donors (Lipinski definition) is 2. The van der Waals surface area contributed by atoms with Gasteiger partial charge in [0, 0.05) is 35.5 Å². The summed E-state index contributed by atoms with van der Waals surface area (Å²) in [4.78, 5) is 27.4. The second kappa shape index (κ2) is 11.1. The molecule has 9 heteroatoms. The van der Waals surface area contributed by atoms with Gasteiger partial charge in [-0.25, -0.2) is 9.97 Å². The Labute approximate surface area is 226 Å². The molecule has 6 rings (SSSR count). The fraction of sp³-hybridized carbons (Fsp3) is 0.267. The van der Waals surface area contributed by atoms with E-state index in [-0.39, 0.29) is 11.9 Å². The Morgan fingerprint density at radius 2 is 2.00 bits per heavy atom. The molecule has 0 spiro atoms. The molecule has 1 saturated heterocycles. The van der Waals surface area contributed by atoms with Gasteiger partial charge >= 0.3 is 0 Å². The van der Waals surface area contributed by atoms with Gasteiger partial charge in [0.05, 0.1) is 29.2 Å². The highest BCUT2D eigenvalue weighted by Crippen LogP contribution is 2.33. The number of aliphatic hydroxyl groups is 1. The van der Waals surface area contributed by atoms with E-state index in [0.29, 0.717) is 31.3 Å². The Morgan fingerprint density at radius 3 is 2.87 bits per heavy atom. The number of carbonyl (C=O) groups is 1. The quantitative estimate of drug-likeness (QED) is 0.309. The van der Waals surface area contributed by atoms with E-state index < -0.39 is 6.61 Å². The van der Waals surface area contributed by atoms with Crippen LogP contribution in [-0.4, -0.2) is 61.2 Å². The van der Waals surface area contributed by atoms with Crippen LogP contribution in [0.2, 0.25) is 0 Å². The highest BCUT2D eigenvalue weighted by Gasteiger charge is 2.27. The van der Waals surface area contributed by atoms with E-state index in [1.807, 2.05) is 48.7 Å². The van der Waals surface area contributed by atoms with Crippen LogP contribution in [-0.2, 0) is 11.3 Å². The smallest absolute Gasteiger partial charge is 0.248 e. The standard InChI is InChI=1S/C30H30N6O3/c37-18-28(38)36-14-4-2-7-24(36)19-39-27-9-5-8-25-29(27)30(33-20-32-25)34-22-10-11-26-21(16-22)12-15-35(26)17-23-6-1-3-13-31-23/h1,3,5-6,8-13,15-16,20,24,37H,2,4,7,14,17-19H2,(H,32,33,34)/t24-/m1/s1. The average Bonchev–Trinajstić information content (AvgIpc) is 3.38. The Balaban J connectivity index is 1.25. The second-order valence-corrected chi connectivity index (χ2v) is 9.74. The Bertz CT molecular complexity index is 1600. The number of likely N-dealkylation sites (tertiary alicyclic amines) is 1. The summed E-state index contributed by atoms with van der Waals surface area (Å²) < 4.78 is 8.47. The number of rotatable bonds is 8. The van der Waals surface area contributed by atoms with Crippen molar-refractivity contribution in [2.45, 2.75) is 31.8 Å². The first kappa shape index (κ1) is 24.8. The molecule has 1 fully saturated rings. The van der Waals surface area contributed by atoms with Crippen molar-refractivity contribution in [1.82, 2.24) is 24.4 Å². The summed E-state index contributed by atoms with van der Waals surface area (Å²) in [5, 5.41) is 14.7. The van der Waals surface area contributed by atoms with Crippen molar-refractivity contribution in [3.63, 3.8) is 0 Å². The molecule has 1 aliphatic heterocycles. The number of aromatic nitrogens is 4. The summed E-state index contributed by atoms with van der Waals surface area (Å²) in [5.41, 5.74) is 3.80. The molecule has 1 amide bonds. The monoisotopic (exact) mass is 522 g/mol. The third-order valence-electron chi connectivity index (χ3n) is 7.23. The number of nitrogens with one attached hydrogen (secondary N) is 1. The number of pyridine rings is 1. The molecule has 2 N–H and O–H groups in total. The van der Waals surface area contributed by atoms with Gasteiger partial charge in [0.2, 0.25) is 5.91 Å². The van der Waals surface area contributed by atoms with Crippen molar-refractivity contribution in [2.75, 3.05) is 25.1 Å². The molecule has 0 bridgehead atoms. The van der Waals surface area contributed by atoms with Crippen LogP contribution >= 0.6 is 0 Å². The maximum absolute atomic E-state index is 12.2. The zero-order valence-electron chi connectivity index (χ0n) is 21.5. The van der Waals surface area contributed by atoms with Gasteiger partial charge in [0.15, 0.2) is 0 Å². The fourth-order valence-corrected chi connectivity index (χ4v) is 5.29. The van der Waals surface area contributed by atoms with Crippen LogP contribution < -0.4 is 10.1 Å². The lowest BCUT2D eigenvalue weighted by atomic mass is 10.0. The van der Waals surface area contributed by atoms with Crippen LogP contribution in [0.15, 0.2) is 79.4 Å². The van der Waals surface area contributed by atoms with Gasteiger partial charge in [-0.3, -0.25) is 9.78 Å². The summed E-state index contributed by atoms with van der Waals surface area (Å²) in [7, 11) is 0. The molecule has 0 aliphatic carbocycles. The van der Waals surface area contributed by atoms with E-state index in [4.69, 9.17) is 4.74 Å². The van der Waals surface area contributed by atoms with E-state index in [1.165, 1.54) is 0 Å². The van der Waals surface area contributed by atoms with Gasteiger partial charge in [0.1, 0.15) is 31.1 Å². The first-order valence-electron chi connectivity index (χ1n) is 13.2. The number of anilines is 2. The van der Waals surface area contributed by atoms with E-state index in [0.717, 1.165) is 52.4 Å². The van der Waals surface area contributed by atoms with E-state index in [1.54, 1.807) is 11.2 Å². The van der Waals surface area contributed by atoms with Gasteiger partial charge in [-0.15, -0.1) is 0 Å². The number of fused-ring (bicyclic) bond motifs is 2. The fourth-order valence-electron chi connectivity index (χ4n) is 5.29. The van der Waals surface area contributed by atoms with E-state index in [2.05, 4.69) is 49.2 Å². The number of aliphatic hydroxyl groups excluding tert-OH is 1. The molecule has 4 heterocycles. The zero-order valence-corrected chi connectivity index (χ0v) is 21.5. The van der Waals surface area contributed by atoms with Crippen LogP contribution in [0.5, 0.6) is 5.75 Å². The first-order valence-corrected chi connectivity index (χ1v) is 13.2. The zero-order chi connectivity index (χ0) is 26.6. The Morgan fingerprint density at radius 1 is 1.05 bits per heavy atom. The van der Waals surface area contributed by atoms with Gasteiger partial charge in [-0.05, 0) is 67.8 Å². The lowest BCUT2D eigenvalue weighted by Crippen LogP contribution is -2.47. The normalized spacial score (nSPS) is 15.5. The molecule has 5 aromatic rings. The van der Waals surface area contributed by atoms with Gasteiger partial charge in [-0.1, -0.05) is 12.1 Å². The predicted octanol–water partition coefficient (Wildman–Crippen LogP) is 4.52. The number of amides is 1. The summed E-state index contributed by atoms with van der Waals surface area (Å²) >= 11 is 0. The van der Waals surface area contributed by atoms with Crippen molar-refractivity contribution in [2.24, 2.45) is 0 Å². The summed E-state index contributed by atoms with van der Waals surface area (Å²) in [5.74, 6) is 1.05. The number of benzene rings is 2. The SMILES string of the molecule is O=C(CO)N1CCCC[C@@H]1COc1cccc2ncnc(Nc3ccc4c(ccn4Cc4ccccn4)c3)c12. The van der Waals surface area contributed by atoms with Crippen LogP contribution in [0.4, 0.5) is 11.5 Å². The second-order valence-electron chi connectivity index (χ2n) is 9.74. The van der Waals surface area contributed by atoms with Gasteiger partial charge in [-0.2, -0.15) is 0 Å². The lowest BCUT2D eigenvalue weighted by Gasteiger charge is -2.35. The molecule has 1 atom stereocenters. The number of nitrogens with zero attached hydrogens (tertiary/aromatic N) is 5. The van der Waals surface area contributed by atoms with E-state index >= 15 is 0 Å². The number of hydrogen-bond acceptors (Lipinski definition) is 7. The van der Waals surface area contributed by atoms with Crippen molar-refractivity contribution in [3.05, 3.63) is 85.1 Å². The first-order chi connectivity index (χ1) is 19.2. The predicted molar refractivity (Wildman–Crippen MR) is 150 cm³/mol. The van der Waals surface area contributed by atoms with E-state index in [9.17, 15) is 9.90 Å². The van der Waals surface area contributed by atoms with Gasteiger partial charge in [0.25, 0.3) is 0 Å². The summed E-state index contributed by atoms with van der Waals surface area (Å²) in [6, 6.07) is 19.9. The number of carbonyl (C=O) groups excluding carboxylic acids is 1. The Hall–Kier alpha value is -4.50. The number of ether oxygens (including phenoxy) is 1. The molecular formula is C30H30N6O3. The maximum Gasteiger partial charge on any atom is 0.248 e. The maximum atomic E-state index is 12.2. The minimum absolute atomic E-state index is 0.0766. The minimum atomic E-state index is -0.483. The lowest BCUT2D eigenvalue weighted by molar-refractivity contribution is -0.138.